The van der Waals surface area contributed by atoms with E-state index < -0.39 is 0 Å². The summed E-state index contributed by atoms with van der Waals surface area (Å²) in [7, 11) is 0. The fourth-order valence-corrected chi connectivity index (χ4v) is 1.84. The molecule has 4 N–H and O–H groups in total. The van der Waals surface area contributed by atoms with E-state index in [0.717, 1.165) is 38.8 Å². The van der Waals surface area contributed by atoms with Crippen LogP contribution in [0.4, 0.5) is 0 Å². The molecule has 0 aliphatic rings. The minimum Gasteiger partial charge on any atom is -0.393 e. The van der Waals surface area contributed by atoms with Gasteiger partial charge in [-0.2, -0.15) is 0 Å². The van der Waals surface area contributed by atoms with E-state index in [2.05, 4.69) is 25.7 Å². The summed E-state index contributed by atoms with van der Waals surface area (Å²) in [6.45, 7) is 8.38. The number of unbranched alkanes of at least 4 members (excludes halogenated alkanes) is 1. The molecule has 0 saturated heterocycles. The number of hydrogen-bond acceptors (Lipinski definition) is 3. The highest BCUT2D eigenvalue weighted by molar-refractivity contribution is 7.80. The Morgan fingerprint density at radius 3 is 2.22 bits per heavy atom. The van der Waals surface area contributed by atoms with Crippen molar-refractivity contribution in [2.75, 3.05) is 19.6 Å². The first-order valence-electron chi connectivity index (χ1n) is 6.60. The Bertz CT molecular complexity index is 279. The van der Waals surface area contributed by atoms with E-state index in [1.165, 1.54) is 0 Å². The van der Waals surface area contributed by atoms with E-state index in [-0.39, 0.29) is 11.3 Å². The number of carbonyl (C=O) groups is 1. The molecule has 0 fully saturated rings. The first-order valence-corrected chi connectivity index (χ1v) is 7.01. The van der Waals surface area contributed by atoms with E-state index in [0.29, 0.717) is 11.5 Å². The van der Waals surface area contributed by atoms with E-state index in [1.807, 2.05) is 0 Å². The van der Waals surface area contributed by atoms with Crippen LogP contribution >= 0.6 is 12.2 Å². The zero-order valence-electron chi connectivity index (χ0n) is 11.9. The smallest absolute Gasteiger partial charge is 0.231 e. The Labute approximate surface area is 116 Å². The largest absolute Gasteiger partial charge is 0.393 e. The van der Waals surface area contributed by atoms with E-state index >= 15 is 0 Å². The Kier molecular flexibility index (Phi) is 8.11. The van der Waals surface area contributed by atoms with Crippen LogP contribution in [0.15, 0.2) is 0 Å². The van der Waals surface area contributed by atoms with Gasteiger partial charge in [0.2, 0.25) is 5.91 Å². The maximum absolute atomic E-state index is 11.0. The number of thiocarbonyl (C=S) groups is 1. The van der Waals surface area contributed by atoms with Gasteiger partial charge in [0.25, 0.3) is 0 Å². The van der Waals surface area contributed by atoms with Crippen molar-refractivity contribution < 1.29 is 4.79 Å². The van der Waals surface area contributed by atoms with Crippen LogP contribution in [0.25, 0.3) is 0 Å². The number of hydrogen-bond donors (Lipinski definition) is 2. The lowest BCUT2D eigenvalue weighted by Gasteiger charge is -2.25. The fourth-order valence-electron chi connectivity index (χ4n) is 1.74. The third-order valence-electron chi connectivity index (χ3n) is 3.15. The maximum atomic E-state index is 11.0. The standard InChI is InChI=1S/C13H27N3OS/c1-4-5-8-16(10-11(14)17)9-6-7-13(2,3)12(15)18/h4-10H2,1-3H3,(H2,14,17)(H2,15,18). The molecule has 18 heavy (non-hydrogen) atoms. The van der Waals surface area contributed by atoms with Gasteiger partial charge in [-0.25, -0.2) is 0 Å². The van der Waals surface area contributed by atoms with Crippen LogP contribution in [0, 0.1) is 5.41 Å². The molecule has 0 saturated carbocycles. The molecule has 1 amide bonds. The van der Waals surface area contributed by atoms with Crippen LogP contribution in [-0.4, -0.2) is 35.4 Å². The normalized spacial score (nSPS) is 11.8. The van der Waals surface area contributed by atoms with Gasteiger partial charge >= 0.3 is 0 Å². The van der Waals surface area contributed by atoms with Crippen LogP contribution < -0.4 is 11.5 Å². The molecule has 0 radical (unpaired) electrons. The maximum Gasteiger partial charge on any atom is 0.231 e. The minimum atomic E-state index is -0.264. The summed E-state index contributed by atoms with van der Waals surface area (Å²) in [5.74, 6) is -0.264. The van der Waals surface area contributed by atoms with Crippen LogP contribution in [0.3, 0.4) is 0 Å². The molecule has 4 nitrogen and oxygen atoms in total. The number of nitrogens with two attached hydrogens (primary N) is 2. The molecular weight excluding hydrogens is 246 g/mol. The highest BCUT2D eigenvalue weighted by atomic mass is 32.1. The first-order chi connectivity index (χ1) is 8.29. The van der Waals surface area contributed by atoms with Gasteiger partial charge < -0.3 is 11.5 Å². The van der Waals surface area contributed by atoms with Gasteiger partial charge in [0.1, 0.15) is 0 Å². The van der Waals surface area contributed by atoms with Crippen molar-refractivity contribution in [1.29, 1.82) is 0 Å². The van der Waals surface area contributed by atoms with Gasteiger partial charge in [-0.05, 0) is 32.4 Å². The number of amides is 1. The Morgan fingerprint density at radius 1 is 1.22 bits per heavy atom. The third-order valence-corrected chi connectivity index (χ3v) is 3.70. The summed E-state index contributed by atoms with van der Waals surface area (Å²) in [4.78, 5) is 13.6. The van der Waals surface area contributed by atoms with Crippen LogP contribution in [0.2, 0.25) is 0 Å². The Hall–Kier alpha value is -0.680. The van der Waals surface area contributed by atoms with Crippen molar-refractivity contribution in [3.63, 3.8) is 0 Å². The van der Waals surface area contributed by atoms with Gasteiger partial charge in [-0.1, -0.05) is 39.4 Å². The molecular formula is C13H27N3OS. The summed E-state index contributed by atoms with van der Waals surface area (Å²) in [6.07, 6.45) is 4.12. The summed E-state index contributed by atoms with van der Waals surface area (Å²) >= 11 is 5.04. The van der Waals surface area contributed by atoms with Crippen molar-refractivity contribution >= 4 is 23.1 Å². The molecule has 0 spiro atoms. The zero-order valence-corrected chi connectivity index (χ0v) is 12.7. The van der Waals surface area contributed by atoms with Crippen molar-refractivity contribution in [2.24, 2.45) is 16.9 Å². The van der Waals surface area contributed by atoms with Crippen molar-refractivity contribution in [2.45, 2.75) is 46.5 Å². The third kappa shape index (κ3) is 7.61. The lowest BCUT2D eigenvalue weighted by atomic mass is 9.88. The number of rotatable bonds is 10. The average Bonchev–Trinajstić information content (AvgIpc) is 2.24. The molecule has 0 aliphatic carbocycles. The van der Waals surface area contributed by atoms with Gasteiger partial charge in [0, 0.05) is 5.41 Å². The van der Waals surface area contributed by atoms with Crippen molar-refractivity contribution in [1.82, 2.24) is 4.90 Å². The molecule has 0 rings (SSSR count). The predicted molar refractivity (Wildman–Crippen MR) is 80.3 cm³/mol. The molecule has 106 valence electrons. The van der Waals surface area contributed by atoms with Crippen LogP contribution in [0.5, 0.6) is 0 Å². The van der Waals surface area contributed by atoms with E-state index in [4.69, 9.17) is 23.7 Å². The summed E-state index contributed by atoms with van der Waals surface area (Å²) < 4.78 is 0. The highest BCUT2D eigenvalue weighted by Gasteiger charge is 2.21. The lowest BCUT2D eigenvalue weighted by Crippen LogP contribution is -2.36. The SMILES string of the molecule is CCCCN(CCCC(C)(C)C(N)=S)CC(N)=O. The monoisotopic (exact) mass is 273 g/mol. The molecule has 0 aromatic carbocycles. The number of nitrogens with zero attached hydrogens (tertiary/aromatic N) is 1. The van der Waals surface area contributed by atoms with Crippen LogP contribution in [-0.2, 0) is 4.79 Å². The molecule has 0 unspecified atom stereocenters. The van der Waals surface area contributed by atoms with Crippen molar-refractivity contribution in [3.05, 3.63) is 0 Å². The number of carbonyl (C=O) groups excluding carboxylic acids is 1. The summed E-state index contributed by atoms with van der Waals surface area (Å²) in [6, 6.07) is 0. The number of primary amides is 1. The second-order valence-electron chi connectivity index (χ2n) is 5.45. The molecule has 0 atom stereocenters. The van der Waals surface area contributed by atoms with Crippen LogP contribution in [0.1, 0.15) is 46.5 Å². The highest BCUT2D eigenvalue weighted by Crippen LogP contribution is 2.22. The predicted octanol–water partition coefficient (Wildman–Crippen LogP) is 1.67. The second-order valence-corrected chi connectivity index (χ2v) is 5.89. The fraction of sp³-hybridized carbons (Fsp3) is 0.846. The quantitative estimate of drug-likeness (QED) is 0.594. The molecule has 0 bridgehead atoms. The summed E-state index contributed by atoms with van der Waals surface area (Å²) in [5, 5.41) is 0. The van der Waals surface area contributed by atoms with Gasteiger partial charge in [0.15, 0.2) is 0 Å². The Morgan fingerprint density at radius 2 is 1.78 bits per heavy atom. The molecule has 0 aromatic heterocycles. The average molecular weight is 273 g/mol. The van der Waals surface area contributed by atoms with Gasteiger partial charge in [-0.3, -0.25) is 9.69 Å². The van der Waals surface area contributed by atoms with E-state index in [9.17, 15) is 4.79 Å². The zero-order chi connectivity index (χ0) is 14.2. The topological polar surface area (TPSA) is 72.3 Å². The van der Waals surface area contributed by atoms with Crippen molar-refractivity contribution in [3.8, 4) is 0 Å². The summed E-state index contributed by atoms with van der Waals surface area (Å²) in [5.41, 5.74) is 10.8. The van der Waals surface area contributed by atoms with Gasteiger partial charge in [-0.15, -0.1) is 0 Å². The molecule has 5 heteroatoms. The second kappa shape index (κ2) is 8.43. The Balaban J connectivity index is 4.09. The first kappa shape index (κ1) is 17.3. The minimum absolute atomic E-state index is 0.113. The lowest BCUT2D eigenvalue weighted by molar-refractivity contribution is -0.119. The molecule has 0 heterocycles. The molecule has 0 aliphatic heterocycles. The van der Waals surface area contributed by atoms with Gasteiger partial charge in [0.05, 0.1) is 11.5 Å². The molecule has 0 aromatic rings. The van der Waals surface area contributed by atoms with E-state index in [1.54, 1.807) is 0 Å².